The van der Waals surface area contributed by atoms with Crippen LogP contribution in [-0.2, 0) is 10.0 Å². The van der Waals surface area contributed by atoms with Crippen LogP contribution in [0.4, 0.5) is 4.39 Å². The largest absolute Gasteiger partial charge is 0.461 e. The molecule has 0 N–H and O–H groups in total. The Kier molecular flexibility index (Phi) is 3.92. The van der Waals surface area contributed by atoms with Crippen LogP contribution in [0.3, 0.4) is 0 Å². The Balaban J connectivity index is 1.76. The lowest BCUT2D eigenvalue weighted by molar-refractivity contribution is 0.0860. The van der Waals surface area contributed by atoms with Gasteiger partial charge in [-0.15, -0.1) is 0 Å². The van der Waals surface area contributed by atoms with Crippen molar-refractivity contribution >= 4 is 10.0 Å². The molecule has 0 bridgehead atoms. The number of hydrogen-bond donors (Lipinski definition) is 0. The third kappa shape index (κ3) is 2.92. The van der Waals surface area contributed by atoms with Crippen molar-refractivity contribution < 1.29 is 17.5 Å². The van der Waals surface area contributed by atoms with Gasteiger partial charge in [0, 0.05) is 20.0 Å². The van der Waals surface area contributed by atoms with E-state index in [1.165, 1.54) is 37.6 Å². The monoisotopic (exact) mass is 313 g/mol. The summed E-state index contributed by atoms with van der Waals surface area (Å²) in [6, 6.07) is 5.97. The summed E-state index contributed by atoms with van der Waals surface area (Å²) in [6.07, 6.45) is 2.08. The number of fused-ring (bicyclic) bond motifs is 1. The number of nitrogens with zero attached hydrogens (tertiary/aromatic N) is 1. The van der Waals surface area contributed by atoms with Crippen LogP contribution in [-0.4, -0.2) is 32.2 Å². The lowest BCUT2D eigenvalue weighted by atomic mass is 10.0. The van der Waals surface area contributed by atoms with Crippen molar-refractivity contribution in [3.8, 4) is 5.75 Å². The van der Waals surface area contributed by atoms with Gasteiger partial charge in [-0.1, -0.05) is 6.42 Å². The molecule has 1 aliphatic heterocycles. The first-order valence-corrected chi connectivity index (χ1v) is 8.82. The molecular weight excluding hydrogens is 293 g/mol. The number of alkyl halides is 1. The van der Waals surface area contributed by atoms with E-state index >= 15 is 0 Å². The van der Waals surface area contributed by atoms with Crippen molar-refractivity contribution in [1.29, 1.82) is 0 Å². The Hall–Kier alpha value is -1.14. The first kappa shape index (κ1) is 14.8. The van der Waals surface area contributed by atoms with Crippen LogP contribution in [0.2, 0.25) is 0 Å². The molecule has 0 spiro atoms. The molecule has 6 heteroatoms. The number of benzene rings is 1. The van der Waals surface area contributed by atoms with Gasteiger partial charge in [0.25, 0.3) is 0 Å². The fourth-order valence-electron chi connectivity index (χ4n) is 3.42. The number of sulfonamides is 1. The molecule has 1 heterocycles. The molecule has 1 aliphatic carbocycles. The molecule has 0 amide bonds. The summed E-state index contributed by atoms with van der Waals surface area (Å²) >= 11 is 0. The summed E-state index contributed by atoms with van der Waals surface area (Å²) in [5.74, 6) is 1.38. The first-order valence-electron chi connectivity index (χ1n) is 7.38. The highest BCUT2D eigenvalue weighted by molar-refractivity contribution is 7.89. The van der Waals surface area contributed by atoms with Crippen molar-refractivity contribution in [2.45, 2.75) is 37.4 Å². The van der Waals surface area contributed by atoms with Crippen molar-refractivity contribution in [1.82, 2.24) is 4.31 Å². The zero-order valence-electron chi connectivity index (χ0n) is 12.0. The van der Waals surface area contributed by atoms with Gasteiger partial charge < -0.3 is 4.74 Å². The van der Waals surface area contributed by atoms with Gasteiger partial charge >= 0.3 is 0 Å². The lowest BCUT2D eigenvalue weighted by Gasteiger charge is -2.17. The van der Waals surface area contributed by atoms with E-state index in [0.29, 0.717) is 30.7 Å². The summed E-state index contributed by atoms with van der Waals surface area (Å²) in [7, 11) is -3.44. The second-order valence-electron chi connectivity index (χ2n) is 5.91. The van der Waals surface area contributed by atoms with E-state index in [1.54, 1.807) is 4.31 Å². The molecule has 1 saturated carbocycles. The maximum Gasteiger partial charge on any atom is 0.243 e. The Morgan fingerprint density at radius 2 is 1.76 bits per heavy atom. The smallest absolute Gasteiger partial charge is 0.243 e. The Morgan fingerprint density at radius 1 is 1.19 bits per heavy atom. The quantitative estimate of drug-likeness (QED) is 0.859. The fraction of sp³-hybridized carbons (Fsp3) is 0.600. The Bertz CT molecular complexity index is 588. The zero-order valence-corrected chi connectivity index (χ0v) is 12.9. The standard InChI is InChI=1S/C15H20FNO3S/c1-11(16)20-14-5-7-15(8-6-14)21(18,19)17-9-12-3-2-4-13(12)10-17/h5-8,11-13H,2-4,9-10H2,1H3. The molecule has 3 unspecified atom stereocenters. The molecule has 0 aromatic heterocycles. The van der Waals surface area contributed by atoms with E-state index in [0.717, 1.165) is 12.8 Å². The summed E-state index contributed by atoms with van der Waals surface area (Å²) in [5, 5.41) is 0. The van der Waals surface area contributed by atoms with Crippen LogP contribution in [0.15, 0.2) is 29.2 Å². The molecule has 4 nitrogen and oxygen atoms in total. The lowest BCUT2D eigenvalue weighted by Crippen LogP contribution is -2.29. The van der Waals surface area contributed by atoms with Crippen molar-refractivity contribution in [3.05, 3.63) is 24.3 Å². The van der Waals surface area contributed by atoms with Crippen LogP contribution < -0.4 is 4.74 Å². The Morgan fingerprint density at radius 3 is 2.29 bits per heavy atom. The summed E-state index contributed by atoms with van der Waals surface area (Å²) in [5.41, 5.74) is 0. The summed E-state index contributed by atoms with van der Waals surface area (Å²) in [6.45, 7) is 2.55. The second-order valence-corrected chi connectivity index (χ2v) is 7.84. The molecule has 1 aromatic carbocycles. The molecule has 116 valence electrons. The van der Waals surface area contributed by atoms with E-state index in [2.05, 4.69) is 0 Å². The number of halogens is 1. The predicted octanol–water partition coefficient (Wildman–Crippen LogP) is 2.80. The van der Waals surface area contributed by atoms with Crippen LogP contribution in [0, 0.1) is 11.8 Å². The predicted molar refractivity (Wildman–Crippen MR) is 77.2 cm³/mol. The average molecular weight is 313 g/mol. The highest BCUT2D eigenvalue weighted by atomic mass is 32.2. The minimum Gasteiger partial charge on any atom is -0.461 e. The van der Waals surface area contributed by atoms with Gasteiger partial charge in [0.1, 0.15) is 5.75 Å². The number of rotatable bonds is 4. The van der Waals surface area contributed by atoms with Gasteiger partial charge in [0.05, 0.1) is 4.90 Å². The van der Waals surface area contributed by atoms with Gasteiger partial charge in [-0.3, -0.25) is 0 Å². The fourth-order valence-corrected chi connectivity index (χ4v) is 4.97. The highest BCUT2D eigenvalue weighted by Gasteiger charge is 2.41. The normalized spacial score (nSPS) is 27.5. The SMILES string of the molecule is CC(F)Oc1ccc(S(=O)(=O)N2CC3CCCC3C2)cc1. The third-order valence-corrected chi connectivity index (χ3v) is 6.30. The molecule has 0 radical (unpaired) electrons. The van der Waals surface area contributed by atoms with Crippen molar-refractivity contribution in [2.24, 2.45) is 11.8 Å². The average Bonchev–Trinajstić information content (AvgIpc) is 2.99. The van der Waals surface area contributed by atoms with Gasteiger partial charge in [0.2, 0.25) is 16.4 Å². The first-order chi connectivity index (χ1) is 9.96. The van der Waals surface area contributed by atoms with E-state index in [-0.39, 0.29) is 4.90 Å². The van der Waals surface area contributed by atoms with Gasteiger partial charge in [-0.2, -0.15) is 4.31 Å². The van der Waals surface area contributed by atoms with Crippen LogP contribution in [0.25, 0.3) is 0 Å². The molecule has 2 aliphatic rings. The van der Waals surface area contributed by atoms with Crippen LogP contribution in [0.5, 0.6) is 5.75 Å². The molecule has 3 atom stereocenters. The minimum atomic E-state index is -3.44. The molecule has 2 fully saturated rings. The number of hydrogen-bond acceptors (Lipinski definition) is 3. The van der Waals surface area contributed by atoms with Gasteiger partial charge in [-0.05, 0) is 48.9 Å². The van der Waals surface area contributed by atoms with Crippen LogP contribution in [0.1, 0.15) is 26.2 Å². The van der Waals surface area contributed by atoms with E-state index in [1.807, 2.05) is 0 Å². The summed E-state index contributed by atoms with van der Waals surface area (Å²) < 4.78 is 44.5. The number of ether oxygens (including phenoxy) is 1. The van der Waals surface area contributed by atoms with Crippen molar-refractivity contribution in [2.75, 3.05) is 13.1 Å². The molecular formula is C15H20FNO3S. The minimum absolute atomic E-state index is 0.251. The molecule has 21 heavy (non-hydrogen) atoms. The van der Waals surface area contributed by atoms with Gasteiger partial charge in [0.15, 0.2) is 0 Å². The molecule has 1 saturated heterocycles. The molecule has 1 aromatic rings. The van der Waals surface area contributed by atoms with Gasteiger partial charge in [-0.25, -0.2) is 12.8 Å². The molecule has 3 rings (SSSR count). The van der Waals surface area contributed by atoms with E-state index in [4.69, 9.17) is 4.74 Å². The second kappa shape index (κ2) is 5.57. The Labute approximate surface area is 125 Å². The van der Waals surface area contributed by atoms with E-state index < -0.39 is 16.4 Å². The maximum absolute atomic E-state index is 12.8. The highest BCUT2D eigenvalue weighted by Crippen LogP contribution is 2.39. The van der Waals surface area contributed by atoms with E-state index in [9.17, 15) is 12.8 Å². The maximum atomic E-state index is 12.8. The third-order valence-electron chi connectivity index (χ3n) is 4.45. The van der Waals surface area contributed by atoms with Crippen LogP contribution >= 0.6 is 0 Å². The summed E-state index contributed by atoms with van der Waals surface area (Å²) in [4.78, 5) is 0.251. The zero-order chi connectivity index (χ0) is 15.0. The van der Waals surface area contributed by atoms with Crippen molar-refractivity contribution in [3.63, 3.8) is 0 Å². The topological polar surface area (TPSA) is 46.6 Å².